The number of methoxy groups -OCH3 is 1. The zero-order valence-corrected chi connectivity index (χ0v) is 10.9. The molecule has 0 radical (unpaired) electrons. The molecule has 0 aliphatic heterocycles. The van der Waals surface area contributed by atoms with Gasteiger partial charge in [-0.3, -0.25) is 0 Å². The summed E-state index contributed by atoms with van der Waals surface area (Å²) in [6.45, 7) is 2.86. The predicted octanol–water partition coefficient (Wildman–Crippen LogP) is 1.35. The highest BCUT2D eigenvalue weighted by molar-refractivity contribution is 7.89. The van der Waals surface area contributed by atoms with E-state index in [2.05, 4.69) is 4.72 Å². The molecule has 4 nitrogen and oxygen atoms in total. The van der Waals surface area contributed by atoms with E-state index < -0.39 is 10.0 Å². The minimum absolute atomic E-state index is 0.0478. The van der Waals surface area contributed by atoms with Crippen molar-refractivity contribution in [3.8, 4) is 0 Å². The van der Waals surface area contributed by atoms with Gasteiger partial charge in [-0.05, 0) is 19.3 Å². The van der Waals surface area contributed by atoms with Gasteiger partial charge in [0.05, 0.1) is 5.75 Å². The Morgan fingerprint density at radius 3 is 2.67 bits per heavy atom. The van der Waals surface area contributed by atoms with Gasteiger partial charge in [0.25, 0.3) is 0 Å². The Labute approximate surface area is 97.4 Å². The lowest BCUT2D eigenvalue weighted by molar-refractivity contribution is 0.199. The number of hydrogen-bond donors (Lipinski definition) is 1. The van der Waals surface area contributed by atoms with Crippen LogP contribution in [0.5, 0.6) is 0 Å². The van der Waals surface area contributed by atoms with E-state index in [0.29, 0.717) is 26.0 Å². The molecule has 0 amide bonds. The minimum atomic E-state index is -3.15. The summed E-state index contributed by atoms with van der Waals surface area (Å²) >= 11 is 5.87. The molecule has 1 unspecified atom stereocenters. The molecule has 0 fully saturated rings. The zero-order valence-electron chi connectivity index (χ0n) is 9.33. The molecule has 0 spiro atoms. The number of alkyl halides is 1. The van der Waals surface area contributed by atoms with E-state index in [4.69, 9.17) is 16.3 Å². The molecule has 0 bridgehead atoms. The molecular formula is C9H20ClNO3S. The van der Waals surface area contributed by atoms with E-state index in [1.165, 1.54) is 0 Å². The van der Waals surface area contributed by atoms with Gasteiger partial charge in [0.15, 0.2) is 0 Å². The van der Waals surface area contributed by atoms with Gasteiger partial charge in [-0.2, -0.15) is 0 Å². The molecule has 92 valence electrons. The van der Waals surface area contributed by atoms with Gasteiger partial charge in [0.1, 0.15) is 0 Å². The lowest BCUT2D eigenvalue weighted by Gasteiger charge is -2.08. The van der Waals surface area contributed by atoms with Crippen LogP contribution in [0.4, 0.5) is 0 Å². The van der Waals surface area contributed by atoms with Gasteiger partial charge in [0, 0.05) is 25.6 Å². The van der Waals surface area contributed by atoms with Crippen molar-refractivity contribution < 1.29 is 13.2 Å². The Bertz CT molecular complexity index is 244. The predicted molar refractivity (Wildman–Crippen MR) is 62.8 cm³/mol. The maximum atomic E-state index is 11.4. The summed E-state index contributed by atoms with van der Waals surface area (Å²) in [5.41, 5.74) is 0. The molecule has 1 atom stereocenters. The monoisotopic (exact) mass is 257 g/mol. The van der Waals surface area contributed by atoms with E-state index in [1.807, 2.05) is 6.92 Å². The van der Waals surface area contributed by atoms with Crippen molar-refractivity contribution in [1.82, 2.24) is 4.72 Å². The summed E-state index contributed by atoms with van der Waals surface area (Å²) in [4.78, 5) is 0. The van der Waals surface area contributed by atoms with Crippen molar-refractivity contribution in [3.05, 3.63) is 0 Å². The molecule has 0 saturated heterocycles. The highest BCUT2D eigenvalue weighted by Crippen LogP contribution is 2.05. The van der Waals surface area contributed by atoms with Crippen molar-refractivity contribution >= 4 is 21.6 Å². The Morgan fingerprint density at radius 1 is 1.47 bits per heavy atom. The summed E-state index contributed by atoms with van der Waals surface area (Å²) in [5, 5.41) is 0.0478. The summed E-state index contributed by atoms with van der Waals surface area (Å²) < 4.78 is 30.0. The maximum Gasteiger partial charge on any atom is 0.211 e. The summed E-state index contributed by atoms with van der Waals surface area (Å²) in [6, 6.07) is 0. The summed E-state index contributed by atoms with van der Waals surface area (Å²) in [6.07, 6.45) is 2.04. The largest absolute Gasteiger partial charge is 0.385 e. The Balaban J connectivity index is 3.65. The first kappa shape index (κ1) is 15.2. The minimum Gasteiger partial charge on any atom is -0.385 e. The van der Waals surface area contributed by atoms with Crippen molar-refractivity contribution in [2.75, 3.05) is 26.0 Å². The van der Waals surface area contributed by atoms with Crippen molar-refractivity contribution in [2.24, 2.45) is 0 Å². The first-order chi connectivity index (χ1) is 7.02. The Morgan fingerprint density at radius 2 is 2.13 bits per heavy atom. The molecule has 0 aliphatic rings. The topological polar surface area (TPSA) is 55.4 Å². The summed E-state index contributed by atoms with van der Waals surface area (Å²) in [5.74, 6) is 0.111. The number of rotatable bonds is 9. The zero-order chi connectivity index (χ0) is 11.7. The fourth-order valence-corrected chi connectivity index (χ4v) is 2.22. The molecule has 6 heteroatoms. The highest BCUT2D eigenvalue weighted by Gasteiger charge is 2.10. The number of sulfonamides is 1. The van der Waals surface area contributed by atoms with Gasteiger partial charge in [0.2, 0.25) is 10.0 Å². The second-order valence-electron chi connectivity index (χ2n) is 3.35. The third-order valence-electron chi connectivity index (χ3n) is 1.98. The lowest BCUT2D eigenvalue weighted by atomic mass is 10.2. The average molecular weight is 258 g/mol. The van der Waals surface area contributed by atoms with Gasteiger partial charge in [-0.1, -0.05) is 6.92 Å². The van der Waals surface area contributed by atoms with Crippen molar-refractivity contribution in [1.29, 1.82) is 0 Å². The van der Waals surface area contributed by atoms with Gasteiger partial charge < -0.3 is 4.74 Å². The van der Waals surface area contributed by atoms with Crippen LogP contribution in [0.2, 0.25) is 0 Å². The number of halogens is 1. The normalized spacial score (nSPS) is 14.1. The standard InChI is InChI=1S/C9H20ClNO3S/c1-3-9(10)5-6-11-15(12,13)8-4-7-14-2/h9,11H,3-8H2,1-2H3. The molecule has 0 heterocycles. The Hall–Kier alpha value is 0.160. The molecule has 1 N–H and O–H groups in total. The van der Waals surface area contributed by atoms with Crippen LogP contribution in [0.1, 0.15) is 26.2 Å². The van der Waals surface area contributed by atoms with Crippen molar-refractivity contribution in [3.63, 3.8) is 0 Å². The maximum absolute atomic E-state index is 11.4. The molecule has 0 aromatic rings. The molecule has 0 rings (SSSR count). The third kappa shape index (κ3) is 9.11. The van der Waals surface area contributed by atoms with Gasteiger partial charge >= 0.3 is 0 Å². The average Bonchev–Trinajstić information content (AvgIpc) is 2.17. The second-order valence-corrected chi connectivity index (χ2v) is 5.90. The molecule has 0 saturated carbocycles. The first-order valence-electron chi connectivity index (χ1n) is 5.12. The smallest absolute Gasteiger partial charge is 0.211 e. The van der Waals surface area contributed by atoms with Crippen molar-refractivity contribution in [2.45, 2.75) is 31.6 Å². The first-order valence-corrected chi connectivity index (χ1v) is 7.21. The fraction of sp³-hybridized carbons (Fsp3) is 1.00. The number of hydrogen-bond acceptors (Lipinski definition) is 3. The van der Waals surface area contributed by atoms with E-state index >= 15 is 0 Å². The van der Waals surface area contributed by atoms with Crippen LogP contribution in [0.25, 0.3) is 0 Å². The van der Waals surface area contributed by atoms with Gasteiger partial charge in [-0.15, -0.1) is 11.6 Å². The number of ether oxygens (including phenoxy) is 1. The van der Waals surface area contributed by atoms with Crippen LogP contribution in [-0.2, 0) is 14.8 Å². The van der Waals surface area contributed by atoms with E-state index in [0.717, 1.165) is 6.42 Å². The second kappa shape index (κ2) is 8.33. The quantitative estimate of drug-likeness (QED) is 0.501. The van der Waals surface area contributed by atoms with Crippen LogP contribution >= 0.6 is 11.6 Å². The summed E-state index contributed by atoms with van der Waals surface area (Å²) in [7, 11) is -1.59. The molecule has 0 aromatic heterocycles. The molecule has 15 heavy (non-hydrogen) atoms. The van der Waals surface area contributed by atoms with Crippen LogP contribution < -0.4 is 4.72 Å². The van der Waals surface area contributed by atoms with Crippen LogP contribution in [-0.4, -0.2) is 39.8 Å². The van der Waals surface area contributed by atoms with E-state index in [1.54, 1.807) is 7.11 Å². The third-order valence-corrected chi connectivity index (χ3v) is 3.98. The Kier molecular flexibility index (Phi) is 8.42. The van der Waals surface area contributed by atoms with E-state index in [-0.39, 0.29) is 11.1 Å². The molecule has 0 aliphatic carbocycles. The SMILES string of the molecule is CCC(Cl)CCNS(=O)(=O)CCCOC. The molecule has 0 aromatic carbocycles. The van der Waals surface area contributed by atoms with E-state index in [9.17, 15) is 8.42 Å². The lowest BCUT2D eigenvalue weighted by Crippen LogP contribution is -2.29. The van der Waals surface area contributed by atoms with Crippen LogP contribution in [0.15, 0.2) is 0 Å². The van der Waals surface area contributed by atoms with Crippen LogP contribution in [0, 0.1) is 0 Å². The fourth-order valence-electron chi connectivity index (χ4n) is 1.04. The van der Waals surface area contributed by atoms with Crippen LogP contribution in [0.3, 0.4) is 0 Å². The van der Waals surface area contributed by atoms with Gasteiger partial charge in [-0.25, -0.2) is 13.1 Å². The molecular weight excluding hydrogens is 238 g/mol. The highest BCUT2D eigenvalue weighted by atomic mass is 35.5. The number of nitrogens with one attached hydrogen (secondary N) is 1.